The summed E-state index contributed by atoms with van der Waals surface area (Å²) in [5.74, 6) is -2.69. The molecule has 3 rings (SSSR count). The number of aliphatic hydroxyl groups excluding tert-OH is 1. The lowest BCUT2D eigenvalue weighted by Gasteiger charge is -2.40. The van der Waals surface area contributed by atoms with Crippen molar-refractivity contribution in [3.8, 4) is 0 Å². The average Bonchev–Trinajstić information content (AvgIpc) is 3.08. The Hall–Kier alpha value is -3.20. The van der Waals surface area contributed by atoms with Gasteiger partial charge in [-0.15, -0.1) is 0 Å². The van der Waals surface area contributed by atoms with E-state index in [4.69, 9.17) is 9.47 Å². The molecule has 0 aromatic heterocycles. The Bertz CT molecular complexity index is 1600. The number of carbonyl (C=O) groups is 2. The van der Waals surface area contributed by atoms with Crippen molar-refractivity contribution in [2.24, 2.45) is 5.41 Å². The van der Waals surface area contributed by atoms with Gasteiger partial charge in [0.05, 0.1) is 35.7 Å². The van der Waals surface area contributed by atoms with Crippen LogP contribution in [0, 0.1) is 5.41 Å². The smallest absolute Gasteiger partial charge is 0.321 e. The second-order valence-corrected chi connectivity index (χ2v) is 16.1. The highest BCUT2D eigenvalue weighted by atomic mass is 32.2. The summed E-state index contributed by atoms with van der Waals surface area (Å²) in [5, 5.41) is 12.5. The van der Waals surface area contributed by atoms with Crippen LogP contribution in [0.25, 0.3) is 0 Å². The zero-order chi connectivity index (χ0) is 35.7. The number of esters is 2. The summed E-state index contributed by atoms with van der Waals surface area (Å²) >= 11 is 0. The number of rotatable bonds is 17. The number of carbonyl (C=O) groups excluding carboxylic acids is 2. The molecule has 1 aliphatic heterocycles. The Morgan fingerprint density at radius 3 is 2.04 bits per heavy atom. The average molecular weight is 710 g/mol. The lowest BCUT2D eigenvalue weighted by atomic mass is 9.68. The Labute approximate surface area is 285 Å². The second kappa shape index (κ2) is 17.0. The molecule has 0 amide bonds. The standard InChI is InChI=1S/C34H51N3O9S2/c1-7-11-18-34(19-12-8-2)24-47(41,42)29-17-16-27(36(5)6)21-28(29)32(33(34)40)25-14-13-15-26(20-25)35-48(43,44)37(22-30(38)45-9-3)23-31(39)46-10-4/h13-17,20-21,32-33,35,40H,7-12,18-19,22-24H2,1-6H3/t32-,33-/m1/s1. The minimum Gasteiger partial charge on any atom is -0.465 e. The van der Waals surface area contributed by atoms with Crippen molar-refractivity contribution in [2.75, 3.05) is 55.8 Å². The Morgan fingerprint density at radius 2 is 1.52 bits per heavy atom. The number of ether oxygens (including phenoxy) is 2. The number of benzene rings is 2. The van der Waals surface area contributed by atoms with Gasteiger partial charge in [-0.2, -0.15) is 12.7 Å². The molecular weight excluding hydrogens is 659 g/mol. The predicted molar refractivity (Wildman–Crippen MR) is 186 cm³/mol. The lowest BCUT2D eigenvalue weighted by Crippen LogP contribution is -2.43. The van der Waals surface area contributed by atoms with Crippen molar-refractivity contribution >= 4 is 43.4 Å². The maximum atomic E-state index is 14.1. The number of nitrogens with zero attached hydrogens (tertiary/aromatic N) is 2. The molecule has 2 aromatic rings. The first-order valence-corrected chi connectivity index (χ1v) is 19.6. The third-order valence-electron chi connectivity index (χ3n) is 8.71. The van der Waals surface area contributed by atoms with Gasteiger partial charge in [-0.3, -0.25) is 14.3 Å². The number of unbranched alkanes of at least 4 members (excludes halogenated alkanes) is 2. The Morgan fingerprint density at radius 1 is 0.938 bits per heavy atom. The number of hydrogen-bond donors (Lipinski definition) is 2. The van der Waals surface area contributed by atoms with Crippen LogP contribution < -0.4 is 9.62 Å². The number of sulfone groups is 1. The van der Waals surface area contributed by atoms with E-state index in [1.54, 1.807) is 50.2 Å². The van der Waals surface area contributed by atoms with Crippen LogP contribution >= 0.6 is 0 Å². The van der Waals surface area contributed by atoms with Crippen molar-refractivity contribution in [3.63, 3.8) is 0 Å². The highest BCUT2D eigenvalue weighted by Crippen LogP contribution is 2.50. The zero-order valence-electron chi connectivity index (χ0n) is 28.9. The van der Waals surface area contributed by atoms with E-state index in [0.717, 1.165) is 31.4 Å². The summed E-state index contributed by atoms with van der Waals surface area (Å²) in [4.78, 5) is 26.6. The van der Waals surface area contributed by atoms with Crippen molar-refractivity contribution < 1.29 is 41.0 Å². The highest BCUT2D eigenvalue weighted by Gasteiger charge is 2.49. The van der Waals surface area contributed by atoms with Crippen molar-refractivity contribution in [1.29, 1.82) is 0 Å². The monoisotopic (exact) mass is 709 g/mol. The molecule has 2 N–H and O–H groups in total. The summed E-state index contributed by atoms with van der Waals surface area (Å²) in [7, 11) is -4.64. The van der Waals surface area contributed by atoms with Crippen LogP contribution in [0.2, 0.25) is 0 Å². The van der Waals surface area contributed by atoms with Crippen molar-refractivity contribution in [2.45, 2.75) is 83.1 Å². The quantitative estimate of drug-likeness (QED) is 0.224. The normalized spacial score (nSPS) is 18.4. The number of fused-ring (bicyclic) bond motifs is 1. The van der Waals surface area contributed by atoms with Crippen molar-refractivity contribution in [3.05, 3.63) is 53.6 Å². The van der Waals surface area contributed by atoms with E-state index in [-0.39, 0.29) is 29.5 Å². The van der Waals surface area contributed by atoms with Crippen LogP contribution in [0.4, 0.5) is 11.4 Å². The van der Waals surface area contributed by atoms with Gasteiger partial charge in [-0.05, 0) is 68.1 Å². The first-order chi connectivity index (χ1) is 22.6. The topological polar surface area (TPSA) is 160 Å². The predicted octanol–water partition coefficient (Wildman–Crippen LogP) is 4.48. The van der Waals surface area contributed by atoms with Gasteiger partial charge in [-0.1, -0.05) is 51.7 Å². The maximum Gasteiger partial charge on any atom is 0.321 e. The lowest BCUT2D eigenvalue weighted by molar-refractivity contribution is -0.146. The van der Waals surface area contributed by atoms with Gasteiger partial charge in [0.25, 0.3) is 0 Å². The maximum absolute atomic E-state index is 14.1. The molecule has 0 saturated carbocycles. The van der Waals surface area contributed by atoms with Gasteiger partial charge in [0, 0.05) is 31.1 Å². The molecule has 0 fully saturated rings. The molecule has 14 heteroatoms. The Kier molecular flexibility index (Phi) is 13.9. The van der Waals surface area contributed by atoms with Gasteiger partial charge in [0.15, 0.2) is 9.84 Å². The fraction of sp³-hybridized carbons (Fsp3) is 0.588. The third kappa shape index (κ3) is 9.48. The van der Waals surface area contributed by atoms with Gasteiger partial charge in [0.2, 0.25) is 0 Å². The van der Waals surface area contributed by atoms with Gasteiger partial charge >= 0.3 is 22.1 Å². The number of aliphatic hydroxyl groups is 1. The summed E-state index contributed by atoms with van der Waals surface area (Å²) in [6.45, 7) is 5.83. The molecule has 0 aliphatic carbocycles. The van der Waals surface area contributed by atoms with E-state index in [2.05, 4.69) is 4.72 Å². The SMILES string of the molecule is CCCCC1(CCCC)CS(=O)(=O)c2ccc(N(C)C)cc2[C@@H](c2cccc(NS(=O)(=O)N(CC(=O)OCC)CC(=O)OCC)c2)[C@H]1O. The second-order valence-electron chi connectivity index (χ2n) is 12.5. The van der Waals surface area contributed by atoms with E-state index < -0.39 is 62.5 Å². The minimum absolute atomic E-state index is 0.0239. The van der Waals surface area contributed by atoms with Crippen LogP contribution in [0.1, 0.15) is 83.3 Å². The molecule has 2 atom stereocenters. The van der Waals surface area contributed by atoms with Crippen LogP contribution in [-0.2, 0) is 39.1 Å². The largest absolute Gasteiger partial charge is 0.465 e. The van der Waals surface area contributed by atoms with Crippen LogP contribution in [-0.4, -0.2) is 90.4 Å². The third-order valence-corrected chi connectivity index (χ3v) is 12.1. The summed E-state index contributed by atoms with van der Waals surface area (Å²) < 4.78 is 68.4. The van der Waals surface area contributed by atoms with Crippen molar-refractivity contribution in [1.82, 2.24) is 4.31 Å². The number of hydrogen-bond acceptors (Lipinski definition) is 10. The van der Waals surface area contributed by atoms with Crippen LogP contribution in [0.3, 0.4) is 0 Å². The molecule has 2 aromatic carbocycles. The molecule has 48 heavy (non-hydrogen) atoms. The van der Waals surface area contributed by atoms with Crippen LogP contribution in [0.5, 0.6) is 0 Å². The summed E-state index contributed by atoms with van der Waals surface area (Å²) in [5.41, 5.74) is 0.855. The first kappa shape index (κ1) is 39.2. The fourth-order valence-corrected chi connectivity index (χ4v) is 9.62. The number of anilines is 2. The molecule has 0 bridgehead atoms. The Balaban J connectivity index is 2.19. The summed E-state index contributed by atoms with van der Waals surface area (Å²) in [6, 6.07) is 11.6. The highest BCUT2D eigenvalue weighted by molar-refractivity contribution is 7.91. The molecule has 12 nitrogen and oxygen atoms in total. The molecular formula is C34H51N3O9S2. The van der Waals surface area contributed by atoms with Crippen LogP contribution in [0.15, 0.2) is 47.4 Å². The van der Waals surface area contributed by atoms with E-state index in [0.29, 0.717) is 28.3 Å². The fourth-order valence-electron chi connectivity index (χ4n) is 6.33. The summed E-state index contributed by atoms with van der Waals surface area (Å²) in [6.07, 6.45) is 3.04. The molecule has 0 radical (unpaired) electrons. The van der Waals surface area contributed by atoms with E-state index in [1.807, 2.05) is 32.8 Å². The van der Waals surface area contributed by atoms with E-state index in [9.17, 15) is 31.5 Å². The van der Waals surface area contributed by atoms with Gasteiger partial charge in [0.1, 0.15) is 13.1 Å². The molecule has 268 valence electrons. The molecule has 1 heterocycles. The van der Waals surface area contributed by atoms with Gasteiger partial charge in [-0.25, -0.2) is 8.42 Å². The first-order valence-electron chi connectivity index (χ1n) is 16.6. The molecule has 1 aliphatic rings. The molecule has 0 saturated heterocycles. The molecule has 0 unspecified atom stereocenters. The zero-order valence-corrected chi connectivity index (χ0v) is 30.5. The molecule has 0 spiro atoms. The van der Waals surface area contributed by atoms with E-state index in [1.165, 1.54) is 6.07 Å². The minimum atomic E-state index is -4.50. The number of nitrogens with one attached hydrogen (secondary N) is 1. The van der Waals surface area contributed by atoms with E-state index >= 15 is 0 Å². The van der Waals surface area contributed by atoms with Gasteiger partial charge < -0.3 is 19.5 Å².